The van der Waals surface area contributed by atoms with Crippen LogP contribution in [0.3, 0.4) is 0 Å². The van der Waals surface area contributed by atoms with E-state index in [0.29, 0.717) is 6.42 Å². The lowest BCUT2D eigenvalue weighted by Crippen LogP contribution is -3.00. The first-order chi connectivity index (χ1) is 10.0. The topological polar surface area (TPSA) is 29.1 Å². The van der Waals surface area contributed by atoms with E-state index in [1.165, 1.54) is 12.0 Å². The number of hydrogen-bond donors (Lipinski definition) is 1. The molecule has 0 fully saturated rings. The standard InChI is InChI=1S/C18H30N2O.ClH/c1-4-5-7-13-18(21)19-14-10-15-20(2,3)16-17-11-8-6-9-12-17;/h6,8-9,11-12H,4-5,7,10,13-16H2,1-3H3;1H. The molecule has 1 aromatic carbocycles. The molecule has 0 radical (unpaired) electrons. The molecule has 22 heavy (non-hydrogen) atoms. The molecule has 0 bridgehead atoms. The van der Waals surface area contributed by atoms with Crippen molar-refractivity contribution >= 4 is 5.91 Å². The summed E-state index contributed by atoms with van der Waals surface area (Å²) in [5.74, 6) is 0.205. The number of unbranched alkanes of at least 4 members (excludes halogenated alkanes) is 2. The van der Waals surface area contributed by atoms with Crippen LogP contribution in [0, 0.1) is 0 Å². The number of quaternary nitrogens is 1. The third-order valence-corrected chi connectivity index (χ3v) is 3.72. The smallest absolute Gasteiger partial charge is 0.219 e. The lowest BCUT2D eigenvalue weighted by atomic mass is 10.2. The fourth-order valence-electron chi connectivity index (χ4n) is 2.52. The van der Waals surface area contributed by atoms with Crippen LogP contribution >= 0.6 is 0 Å². The predicted molar refractivity (Wildman–Crippen MR) is 88.9 cm³/mol. The molecule has 1 rings (SSSR count). The summed E-state index contributed by atoms with van der Waals surface area (Å²) >= 11 is 0. The molecule has 0 aliphatic heterocycles. The van der Waals surface area contributed by atoms with Gasteiger partial charge in [0.05, 0.1) is 20.6 Å². The van der Waals surface area contributed by atoms with Gasteiger partial charge in [0.25, 0.3) is 0 Å². The second-order valence-electron chi connectivity index (χ2n) is 6.46. The SMILES string of the molecule is CCCCCC(=O)NCCC[N+](C)(C)Cc1ccccc1.[Cl-]. The van der Waals surface area contributed by atoms with Crippen molar-refractivity contribution in [3.8, 4) is 0 Å². The van der Waals surface area contributed by atoms with Crippen LogP contribution in [0.15, 0.2) is 30.3 Å². The maximum atomic E-state index is 11.6. The third-order valence-electron chi connectivity index (χ3n) is 3.72. The number of benzene rings is 1. The molecule has 1 amide bonds. The van der Waals surface area contributed by atoms with Crippen LogP contribution in [-0.2, 0) is 11.3 Å². The van der Waals surface area contributed by atoms with Gasteiger partial charge in [-0.1, -0.05) is 50.1 Å². The zero-order valence-electron chi connectivity index (χ0n) is 14.3. The number of nitrogens with one attached hydrogen (secondary N) is 1. The van der Waals surface area contributed by atoms with Crippen molar-refractivity contribution in [3.05, 3.63) is 35.9 Å². The average Bonchev–Trinajstić information content (AvgIpc) is 2.44. The molecule has 0 spiro atoms. The molecule has 4 heteroatoms. The number of rotatable bonds is 10. The number of carbonyl (C=O) groups is 1. The summed E-state index contributed by atoms with van der Waals surface area (Å²) in [6.07, 6.45) is 5.03. The Morgan fingerprint density at radius 1 is 1.09 bits per heavy atom. The summed E-state index contributed by atoms with van der Waals surface area (Å²) < 4.78 is 0.954. The summed E-state index contributed by atoms with van der Waals surface area (Å²) in [7, 11) is 4.49. The van der Waals surface area contributed by atoms with E-state index in [-0.39, 0.29) is 18.3 Å². The fourth-order valence-corrected chi connectivity index (χ4v) is 2.52. The quantitative estimate of drug-likeness (QED) is 0.488. The minimum Gasteiger partial charge on any atom is -1.00 e. The largest absolute Gasteiger partial charge is 1.00 e. The Hall–Kier alpha value is -1.06. The number of carbonyl (C=O) groups excluding carboxylic acids is 1. The summed E-state index contributed by atoms with van der Waals surface area (Å²) in [4.78, 5) is 11.6. The van der Waals surface area contributed by atoms with Crippen molar-refractivity contribution in [3.63, 3.8) is 0 Å². The molecule has 1 N–H and O–H groups in total. The van der Waals surface area contributed by atoms with Crippen molar-refractivity contribution < 1.29 is 21.7 Å². The van der Waals surface area contributed by atoms with Gasteiger partial charge in [0.15, 0.2) is 0 Å². The Labute approximate surface area is 142 Å². The second-order valence-corrected chi connectivity index (χ2v) is 6.46. The molecule has 0 aliphatic rings. The maximum absolute atomic E-state index is 11.6. The monoisotopic (exact) mass is 326 g/mol. The lowest BCUT2D eigenvalue weighted by Gasteiger charge is -2.30. The first-order valence-electron chi connectivity index (χ1n) is 8.16. The maximum Gasteiger partial charge on any atom is 0.219 e. The van der Waals surface area contributed by atoms with E-state index in [1.807, 2.05) is 0 Å². The zero-order chi connectivity index (χ0) is 15.6. The van der Waals surface area contributed by atoms with Crippen LogP contribution in [0.4, 0.5) is 0 Å². The summed E-state index contributed by atoms with van der Waals surface area (Å²) in [6.45, 7) is 5.06. The fraction of sp³-hybridized carbons (Fsp3) is 0.611. The van der Waals surface area contributed by atoms with Crippen LogP contribution in [0.5, 0.6) is 0 Å². The molecule has 1 aromatic rings. The number of amides is 1. The number of halogens is 1. The van der Waals surface area contributed by atoms with E-state index in [1.54, 1.807) is 0 Å². The van der Waals surface area contributed by atoms with Gasteiger partial charge < -0.3 is 22.2 Å². The third kappa shape index (κ3) is 9.80. The van der Waals surface area contributed by atoms with Gasteiger partial charge in [-0.3, -0.25) is 4.79 Å². The first-order valence-corrected chi connectivity index (χ1v) is 8.16. The van der Waals surface area contributed by atoms with E-state index in [4.69, 9.17) is 0 Å². The Morgan fingerprint density at radius 3 is 2.41 bits per heavy atom. The van der Waals surface area contributed by atoms with Crippen molar-refractivity contribution in [2.24, 2.45) is 0 Å². The molecule has 0 saturated carbocycles. The van der Waals surface area contributed by atoms with Crippen LogP contribution in [0.2, 0.25) is 0 Å². The molecule has 3 nitrogen and oxygen atoms in total. The Morgan fingerprint density at radius 2 is 1.77 bits per heavy atom. The van der Waals surface area contributed by atoms with Crippen molar-refractivity contribution in [2.45, 2.75) is 45.6 Å². The van der Waals surface area contributed by atoms with E-state index in [2.05, 4.69) is 56.7 Å². The normalized spacial score (nSPS) is 10.9. The van der Waals surface area contributed by atoms with Crippen LogP contribution in [0.1, 0.15) is 44.6 Å². The second kappa shape index (κ2) is 11.5. The first kappa shape index (κ1) is 20.9. The Kier molecular flexibility index (Phi) is 10.9. The van der Waals surface area contributed by atoms with Crippen molar-refractivity contribution in [1.82, 2.24) is 5.32 Å². The Balaban J connectivity index is 0.00000441. The molecule has 126 valence electrons. The molecular formula is C18H31ClN2O. The van der Waals surface area contributed by atoms with Crippen LogP contribution in [-0.4, -0.2) is 37.6 Å². The van der Waals surface area contributed by atoms with E-state index in [9.17, 15) is 4.79 Å². The molecule has 0 saturated heterocycles. The predicted octanol–water partition coefficient (Wildman–Crippen LogP) is 0.354. The highest BCUT2D eigenvalue weighted by molar-refractivity contribution is 5.75. The minimum absolute atomic E-state index is 0. The highest BCUT2D eigenvalue weighted by Gasteiger charge is 2.15. The van der Waals surface area contributed by atoms with Gasteiger partial charge in [-0.05, 0) is 6.42 Å². The van der Waals surface area contributed by atoms with Gasteiger partial charge in [0.2, 0.25) is 5.91 Å². The number of hydrogen-bond acceptors (Lipinski definition) is 1. The van der Waals surface area contributed by atoms with Crippen LogP contribution < -0.4 is 17.7 Å². The summed E-state index contributed by atoms with van der Waals surface area (Å²) in [6, 6.07) is 10.6. The highest BCUT2D eigenvalue weighted by Crippen LogP contribution is 2.09. The van der Waals surface area contributed by atoms with Gasteiger partial charge in [-0.15, -0.1) is 0 Å². The van der Waals surface area contributed by atoms with Gasteiger partial charge in [-0.2, -0.15) is 0 Å². The van der Waals surface area contributed by atoms with E-state index < -0.39 is 0 Å². The van der Waals surface area contributed by atoms with Gasteiger partial charge in [0.1, 0.15) is 6.54 Å². The van der Waals surface area contributed by atoms with Crippen molar-refractivity contribution in [2.75, 3.05) is 27.2 Å². The minimum atomic E-state index is 0. The molecule has 0 aliphatic carbocycles. The summed E-state index contributed by atoms with van der Waals surface area (Å²) in [5, 5.41) is 3.03. The van der Waals surface area contributed by atoms with E-state index in [0.717, 1.165) is 43.4 Å². The highest BCUT2D eigenvalue weighted by atomic mass is 35.5. The van der Waals surface area contributed by atoms with Gasteiger partial charge in [-0.25, -0.2) is 0 Å². The van der Waals surface area contributed by atoms with Gasteiger partial charge in [0, 0.05) is 24.9 Å². The molecule has 0 heterocycles. The lowest BCUT2D eigenvalue weighted by molar-refractivity contribution is -0.903. The molecule has 0 unspecified atom stereocenters. The Bertz CT molecular complexity index is 407. The molecular weight excluding hydrogens is 296 g/mol. The van der Waals surface area contributed by atoms with Crippen LogP contribution in [0.25, 0.3) is 0 Å². The number of nitrogens with zero attached hydrogens (tertiary/aromatic N) is 1. The van der Waals surface area contributed by atoms with Crippen molar-refractivity contribution in [1.29, 1.82) is 0 Å². The van der Waals surface area contributed by atoms with E-state index >= 15 is 0 Å². The summed E-state index contributed by atoms with van der Waals surface area (Å²) in [5.41, 5.74) is 1.37. The molecule has 0 atom stereocenters. The zero-order valence-corrected chi connectivity index (χ0v) is 15.0. The van der Waals surface area contributed by atoms with Gasteiger partial charge >= 0.3 is 0 Å². The molecule has 0 aromatic heterocycles. The average molecular weight is 327 g/mol.